The standard InChI is InChI=1S/C20H22F2N6O2/c1-25-19(29)5-2-14(24-25)11-26-6-8-27(9-7-26)15-3-4-16-17(10-15)23-13-28(20(16)30)12-18(21)22/h2-5,10,13,18H,6-9,11-12H2,1H3. The summed E-state index contributed by atoms with van der Waals surface area (Å²) in [5.41, 5.74) is 1.71. The fourth-order valence-electron chi connectivity index (χ4n) is 3.65. The molecule has 0 unspecified atom stereocenters. The molecule has 0 radical (unpaired) electrons. The van der Waals surface area contributed by atoms with Crippen LogP contribution in [0.4, 0.5) is 14.5 Å². The lowest BCUT2D eigenvalue weighted by Crippen LogP contribution is -2.46. The van der Waals surface area contributed by atoms with E-state index in [0.717, 1.165) is 42.1 Å². The number of hydrogen-bond acceptors (Lipinski definition) is 6. The van der Waals surface area contributed by atoms with E-state index in [9.17, 15) is 18.4 Å². The Labute approximate surface area is 171 Å². The molecule has 1 aliphatic heterocycles. The van der Waals surface area contributed by atoms with Crippen LogP contribution >= 0.6 is 0 Å². The summed E-state index contributed by atoms with van der Waals surface area (Å²) in [5, 5.41) is 4.61. The lowest BCUT2D eigenvalue weighted by molar-refractivity contribution is 0.125. The van der Waals surface area contributed by atoms with E-state index in [4.69, 9.17) is 0 Å². The fourth-order valence-corrected chi connectivity index (χ4v) is 3.65. The third-order valence-electron chi connectivity index (χ3n) is 5.28. The Hall–Kier alpha value is -3.14. The normalized spacial score (nSPS) is 15.3. The average molecular weight is 416 g/mol. The first-order chi connectivity index (χ1) is 14.4. The highest BCUT2D eigenvalue weighted by Crippen LogP contribution is 2.21. The molecule has 0 atom stereocenters. The highest BCUT2D eigenvalue weighted by molar-refractivity contribution is 5.81. The highest BCUT2D eigenvalue weighted by Gasteiger charge is 2.19. The number of aryl methyl sites for hydroxylation is 1. The molecule has 0 saturated carbocycles. The smallest absolute Gasteiger partial charge is 0.266 e. The van der Waals surface area contributed by atoms with Crippen LogP contribution in [0.15, 0.2) is 46.2 Å². The molecule has 4 rings (SSSR count). The van der Waals surface area contributed by atoms with E-state index in [1.54, 1.807) is 19.2 Å². The molecule has 1 aromatic carbocycles. The molecule has 8 nitrogen and oxygen atoms in total. The van der Waals surface area contributed by atoms with Crippen molar-refractivity contribution in [1.82, 2.24) is 24.2 Å². The van der Waals surface area contributed by atoms with Crippen LogP contribution in [-0.2, 0) is 20.1 Å². The SMILES string of the molecule is Cn1nc(CN2CCN(c3ccc4c(=O)n(CC(F)F)cnc4c3)CC2)ccc1=O. The van der Waals surface area contributed by atoms with Crippen LogP contribution in [0, 0.1) is 0 Å². The van der Waals surface area contributed by atoms with Gasteiger partial charge in [0.05, 0.1) is 29.5 Å². The van der Waals surface area contributed by atoms with E-state index in [1.807, 2.05) is 12.1 Å². The van der Waals surface area contributed by atoms with E-state index in [-0.39, 0.29) is 5.56 Å². The number of nitrogens with zero attached hydrogens (tertiary/aromatic N) is 6. The Morgan fingerprint density at radius 2 is 1.83 bits per heavy atom. The van der Waals surface area contributed by atoms with E-state index in [2.05, 4.69) is 19.9 Å². The number of anilines is 1. The minimum Gasteiger partial charge on any atom is -0.369 e. The van der Waals surface area contributed by atoms with Gasteiger partial charge in [0.2, 0.25) is 0 Å². The van der Waals surface area contributed by atoms with Crippen molar-refractivity contribution in [2.24, 2.45) is 7.05 Å². The van der Waals surface area contributed by atoms with Crippen molar-refractivity contribution in [2.75, 3.05) is 31.1 Å². The van der Waals surface area contributed by atoms with Crippen LogP contribution in [0.1, 0.15) is 5.69 Å². The third-order valence-corrected chi connectivity index (χ3v) is 5.28. The number of fused-ring (bicyclic) bond motifs is 1. The van der Waals surface area contributed by atoms with E-state index >= 15 is 0 Å². The van der Waals surface area contributed by atoms with Crippen molar-refractivity contribution in [2.45, 2.75) is 19.5 Å². The third kappa shape index (κ3) is 4.23. The van der Waals surface area contributed by atoms with Crippen LogP contribution < -0.4 is 16.0 Å². The monoisotopic (exact) mass is 416 g/mol. The molecular formula is C20H22F2N6O2. The first kappa shape index (κ1) is 20.1. The number of hydrogen-bond donors (Lipinski definition) is 0. The van der Waals surface area contributed by atoms with Gasteiger partial charge in [0.15, 0.2) is 0 Å². The van der Waals surface area contributed by atoms with Crippen molar-refractivity contribution in [3.05, 3.63) is 63.1 Å². The lowest BCUT2D eigenvalue weighted by atomic mass is 10.2. The maximum absolute atomic E-state index is 12.6. The number of halogens is 2. The molecule has 3 heterocycles. The van der Waals surface area contributed by atoms with E-state index in [0.29, 0.717) is 17.4 Å². The van der Waals surface area contributed by atoms with Crippen LogP contribution in [-0.4, -0.2) is 56.8 Å². The van der Waals surface area contributed by atoms with Crippen molar-refractivity contribution in [1.29, 1.82) is 0 Å². The van der Waals surface area contributed by atoms with Gasteiger partial charge in [-0.25, -0.2) is 18.4 Å². The van der Waals surface area contributed by atoms with Gasteiger partial charge in [0.1, 0.15) is 0 Å². The van der Waals surface area contributed by atoms with E-state index < -0.39 is 18.5 Å². The summed E-state index contributed by atoms with van der Waals surface area (Å²) < 4.78 is 27.5. The predicted octanol–water partition coefficient (Wildman–Crippen LogP) is 1.08. The Bertz CT molecular complexity index is 1170. The van der Waals surface area contributed by atoms with Gasteiger partial charge in [0, 0.05) is 51.5 Å². The number of aromatic nitrogens is 4. The van der Waals surface area contributed by atoms with Crippen molar-refractivity contribution < 1.29 is 8.78 Å². The predicted molar refractivity (Wildman–Crippen MR) is 109 cm³/mol. The molecule has 30 heavy (non-hydrogen) atoms. The summed E-state index contributed by atoms with van der Waals surface area (Å²) in [4.78, 5) is 32.5. The molecule has 0 spiro atoms. The van der Waals surface area contributed by atoms with Crippen molar-refractivity contribution in [3.63, 3.8) is 0 Å². The Morgan fingerprint density at radius 1 is 1.07 bits per heavy atom. The summed E-state index contributed by atoms with van der Waals surface area (Å²) in [7, 11) is 1.64. The maximum atomic E-state index is 12.6. The lowest BCUT2D eigenvalue weighted by Gasteiger charge is -2.36. The molecule has 0 bridgehead atoms. The number of alkyl halides is 2. The van der Waals surface area contributed by atoms with Crippen LogP contribution in [0.3, 0.4) is 0 Å². The highest BCUT2D eigenvalue weighted by atomic mass is 19.3. The zero-order chi connectivity index (χ0) is 21.3. The largest absolute Gasteiger partial charge is 0.369 e. The molecule has 1 aliphatic rings. The molecule has 3 aromatic rings. The minimum absolute atomic E-state index is 0.130. The van der Waals surface area contributed by atoms with Crippen molar-refractivity contribution in [3.8, 4) is 0 Å². The summed E-state index contributed by atoms with van der Waals surface area (Å²) in [6.45, 7) is 3.25. The summed E-state index contributed by atoms with van der Waals surface area (Å²) in [5.74, 6) is 0. The first-order valence-electron chi connectivity index (χ1n) is 9.68. The molecular weight excluding hydrogens is 394 g/mol. The molecule has 1 saturated heterocycles. The van der Waals surface area contributed by atoms with Crippen LogP contribution in [0.2, 0.25) is 0 Å². The van der Waals surface area contributed by atoms with E-state index in [1.165, 1.54) is 17.1 Å². The number of benzene rings is 1. The van der Waals surface area contributed by atoms with Gasteiger partial charge < -0.3 is 4.90 Å². The summed E-state index contributed by atoms with van der Waals surface area (Å²) >= 11 is 0. The topological polar surface area (TPSA) is 76.3 Å². The molecule has 1 fully saturated rings. The molecule has 0 amide bonds. The molecule has 158 valence electrons. The number of piperazine rings is 1. The zero-order valence-corrected chi connectivity index (χ0v) is 16.5. The Kier molecular flexibility index (Phi) is 5.58. The number of rotatable bonds is 5. The molecule has 0 aliphatic carbocycles. The quantitative estimate of drug-likeness (QED) is 0.620. The van der Waals surface area contributed by atoms with Gasteiger partial charge in [-0.3, -0.25) is 19.1 Å². The van der Waals surface area contributed by atoms with Crippen LogP contribution in [0.5, 0.6) is 0 Å². The van der Waals surface area contributed by atoms with Gasteiger partial charge in [-0.05, 0) is 24.3 Å². The van der Waals surface area contributed by atoms with Gasteiger partial charge >= 0.3 is 0 Å². The Morgan fingerprint density at radius 3 is 2.53 bits per heavy atom. The van der Waals surface area contributed by atoms with Crippen molar-refractivity contribution >= 4 is 16.6 Å². The second kappa shape index (κ2) is 8.31. The first-order valence-corrected chi connectivity index (χ1v) is 9.68. The van der Waals surface area contributed by atoms with Gasteiger partial charge in [-0.2, -0.15) is 5.10 Å². The zero-order valence-electron chi connectivity index (χ0n) is 16.5. The summed E-state index contributed by atoms with van der Waals surface area (Å²) in [6.07, 6.45) is -1.42. The molecule has 0 N–H and O–H groups in total. The second-order valence-corrected chi connectivity index (χ2v) is 7.34. The maximum Gasteiger partial charge on any atom is 0.266 e. The molecule has 2 aromatic heterocycles. The van der Waals surface area contributed by atoms with Gasteiger partial charge in [-0.15, -0.1) is 0 Å². The fraction of sp³-hybridized carbons (Fsp3) is 0.400. The minimum atomic E-state index is -2.60. The molecule has 10 heteroatoms. The van der Waals surface area contributed by atoms with Gasteiger partial charge in [-0.1, -0.05) is 0 Å². The van der Waals surface area contributed by atoms with Gasteiger partial charge in [0.25, 0.3) is 17.5 Å². The second-order valence-electron chi connectivity index (χ2n) is 7.34. The van der Waals surface area contributed by atoms with Crippen LogP contribution in [0.25, 0.3) is 10.9 Å². The average Bonchev–Trinajstić information content (AvgIpc) is 2.73. The summed E-state index contributed by atoms with van der Waals surface area (Å²) in [6, 6.07) is 8.60. The Balaban J connectivity index is 1.44.